The number of benzene rings is 1. The number of nitriles is 1. The molecule has 24 heavy (non-hydrogen) atoms. The molecule has 1 aromatic rings. The number of thioether (sulfide) groups is 1. The molecule has 0 aromatic heterocycles. The van der Waals surface area contributed by atoms with E-state index in [2.05, 4.69) is 0 Å². The molecule has 0 spiro atoms. The number of nitrogens with zero attached hydrogens (tertiary/aromatic N) is 1. The first kappa shape index (κ1) is 20.6. The van der Waals surface area contributed by atoms with Gasteiger partial charge in [-0.1, -0.05) is 37.1 Å². The molecule has 0 saturated heterocycles. The Morgan fingerprint density at radius 1 is 1.25 bits per heavy atom. The molecule has 0 amide bonds. The molecule has 0 fully saturated rings. The van der Waals surface area contributed by atoms with Crippen molar-refractivity contribution in [3.05, 3.63) is 45.3 Å². The summed E-state index contributed by atoms with van der Waals surface area (Å²) in [5, 5.41) is 9.50. The number of unbranched alkanes of at least 4 members (excludes halogenated alkanes) is 1. The van der Waals surface area contributed by atoms with Gasteiger partial charge in [-0.25, -0.2) is 0 Å². The zero-order valence-electron chi connectivity index (χ0n) is 13.1. The Bertz CT molecular complexity index is 650. The molecule has 0 bridgehead atoms. The summed E-state index contributed by atoms with van der Waals surface area (Å²) in [6.45, 7) is 1.86. The topological polar surface area (TPSA) is 40.9 Å². The van der Waals surface area contributed by atoms with Crippen molar-refractivity contribution in [3.8, 4) is 6.07 Å². The highest BCUT2D eigenvalue weighted by atomic mass is 35.5. The molecule has 0 unspecified atom stereocenters. The average molecular weight is 376 g/mol. The van der Waals surface area contributed by atoms with Gasteiger partial charge in [-0.3, -0.25) is 4.79 Å². The van der Waals surface area contributed by atoms with E-state index in [9.17, 15) is 23.2 Å². The lowest BCUT2D eigenvalue weighted by Crippen LogP contribution is -2.04. The summed E-state index contributed by atoms with van der Waals surface area (Å²) in [6, 6.07) is 8.30. The van der Waals surface area contributed by atoms with Gasteiger partial charge >= 0.3 is 5.51 Å². The van der Waals surface area contributed by atoms with E-state index in [1.165, 1.54) is 0 Å². The van der Waals surface area contributed by atoms with Crippen molar-refractivity contribution in [2.24, 2.45) is 0 Å². The van der Waals surface area contributed by atoms with Gasteiger partial charge in [-0.2, -0.15) is 18.4 Å². The van der Waals surface area contributed by atoms with Crippen molar-refractivity contribution < 1.29 is 18.0 Å². The van der Waals surface area contributed by atoms with Gasteiger partial charge in [0, 0.05) is 22.5 Å². The van der Waals surface area contributed by atoms with Gasteiger partial charge in [0.1, 0.15) is 0 Å². The van der Waals surface area contributed by atoms with Crippen molar-refractivity contribution in [1.29, 1.82) is 5.26 Å². The summed E-state index contributed by atoms with van der Waals surface area (Å²) >= 11 is 5.68. The third kappa shape index (κ3) is 6.98. The standard InChI is InChI=1S/C17H17ClF3NOS/c1-2-3-8-16(24-17(19,20)21)12(11-22)9-10-15(23)13-6-4-5-7-14(13)18/h4-7H,2-3,8-10H2,1H3/b16-12+. The van der Waals surface area contributed by atoms with Gasteiger partial charge in [0.05, 0.1) is 11.1 Å². The molecule has 2 nitrogen and oxygen atoms in total. The van der Waals surface area contributed by atoms with Crippen LogP contribution in [0, 0.1) is 11.3 Å². The molecule has 0 aliphatic carbocycles. The van der Waals surface area contributed by atoms with E-state index in [0.717, 1.165) is 6.42 Å². The van der Waals surface area contributed by atoms with Crippen LogP contribution in [0.3, 0.4) is 0 Å². The molecule has 0 aliphatic rings. The lowest BCUT2D eigenvalue weighted by atomic mass is 10.0. The number of alkyl halides is 3. The number of carbonyl (C=O) groups excluding carboxylic acids is 1. The minimum absolute atomic E-state index is 0.00110. The fourth-order valence-corrected chi connectivity index (χ4v) is 3.10. The van der Waals surface area contributed by atoms with Crippen molar-refractivity contribution >= 4 is 29.1 Å². The maximum absolute atomic E-state index is 12.7. The number of rotatable bonds is 8. The Labute approximate surface area is 148 Å². The second kappa shape index (κ2) is 9.75. The third-order valence-electron chi connectivity index (χ3n) is 3.24. The molecule has 0 radical (unpaired) electrons. The van der Waals surface area contributed by atoms with Crippen LogP contribution in [0.1, 0.15) is 49.4 Å². The minimum Gasteiger partial charge on any atom is -0.294 e. The van der Waals surface area contributed by atoms with Crippen LogP contribution in [0.5, 0.6) is 0 Å². The number of Topliss-reactive ketones (excluding diaryl/α,β-unsaturated/α-hetero) is 1. The van der Waals surface area contributed by atoms with Crippen molar-refractivity contribution in [1.82, 2.24) is 0 Å². The lowest BCUT2D eigenvalue weighted by Gasteiger charge is -2.12. The van der Waals surface area contributed by atoms with E-state index < -0.39 is 5.51 Å². The van der Waals surface area contributed by atoms with E-state index in [1.807, 2.05) is 13.0 Å². The van der Waals surface area contributed by atoms with Crippen LogP contribution in [0.25, 0.3) is 0 Å². The van der Waals surface area contributed by atoms with Crippen LogP contribution in [0.2, 0.25) is 5.02 Å². The molecule has 0 saturated carbocycles. The number of ketones is 1. The largest absolute Gasteiger partial charge is 0.446 e. The normalized spacial score (nSPS) is 12.5. The molecule has 130 valence electrons. The summed E-state index contributed by atoms with van der Waals surface area (Å²) in [5.74, 6) is -0.291. The van der Waals surface area contributed by atoms with Gasteiger partial charge in [-0.05, 0) is 43.2 Å². The van der Waals surface area contributed by atoms with Gasteiger partial charge < -0.3 is 0 Å². The van der Waals surface area contributed by atoms with E-state index in [0.29, 0.717) is 17.0 Å². The number of halogens is 4. The first-order chi connectivity index (χ1) is 11.3. The van der Waals surface area contributed by atoms with Crippen molar-refractivity contribution in [2.45, 2.75) is 44.5 Å². The predicted molar refractivity (Wildman–Crippen MR) is 90.8 cm³/mol. The molecule has 1 aromatic carbocycles. The number of hydrogen-bond acceptors (Lipinski definition) is 3. The molecular formula is C17H17ClF3NOS. The number of carbonyl (C=O) groups is 1. The highest BCUT2D eigenvalue weighted by molar-refractivity contribution is 8.03. The van der Waals surface area contributed by atoms with Crippen LogP contribution >= 0.6 is 23.4 Å². The fraction of sp³-hybridized carbons (Fsp3) is 0.412. The Balaban J connectivity index is 2.90. The zero-order valence-corrected chi connectivity index (χ0v) is 14.7. The number of allylic oxidation sites excluding steroid dienone is 2. The second-order valence-corrected chi connectivity index (χ2v) is 6.63. The fourth-order valence-electron chi connectivity index (χ4n) is 2.06. The Hall–Kier alpha value is -1.45. The Morgan fingerprint density at radius 2 is 1.92 bits per heavy atom. The molecule has 0 N–H and O–H groups in total. The van der Waals surface area contributed by atoms with Crippen molar-refractivity contribution in [2.75, 3.05) is 0 Å². The third-order valence-corrected chi connectivity index (χ3v) is 4.50. The number of hydrogen-bond donors (Lipinski definition) is 0. The quantitative estimate of drug-likeness (QED) is 0.383. The van der Waals surface area contributed by atoms with E-state index in [1.54, 1.807) is 24.3 Å². The first-order valence-corrected chi connectivity index (χ1v) is 8.63. The smallest absolute Gasteiger partial charge is 0.294 e. The second-order valence-electron chi connectivity index (χ2n) is 5.07. The molecule has 0 atom stereocenters. The van der Waals surface area contributed by atoms with Gasteiger partial charge in [-0.15, -0.1) is 0 Å². The molecule has 1 rings (SSSR count). The summed E-state index contributed by atoms with van der Waals surface area (Å²) in [4.78, 5) is 12.2. The Morgan fingerprint density at radius 3 is 2.46 bits per heavy atom. The monoisotopic (exact) mass is 375 g/mol. The molecule has 0 heterocycles. The predicted octanol–water partition coefficient (Wildman–Crippen LogP) is 6.52. The SMILES string of the molecule is CCCC/C(SC(F)(F)F)=C(\C#N)CCC(=O)c1ccccc1Cl. The summed E-state index contributed by atoms with van der Waals surface area (Å²) in [6.07, 6.45) is 1.38. The van der Waals surface area contributed by atoms with Gasteiger partial charge in [0.15, 0.2) is 5.78 Å². The van der Waals surface area contributed by atoms with Crippen LogP contribution in [-0.4, -0.2) is 11.3 Å². The van der Waals surface area contributed by atoms with E-state index in [-0.39, 0.29) is 47.3 Å². The molecular weight excluding hydrogens is 359 g/mol. The van der Waals surface area contributed by atoms with Gasteiger partial charge in [0.25, 0.3) is 0 Å². The van der Waals surface area contributed by atoms with Crippen LogP contribution in [-0.2, 0) is 0 Å². The van der Waals surface area contributed by atoms with E-state index >= 15 is 0 Å². The van der Waals surface area contributed by atoms with Crippen LogP contribution in [0.4, 0.5) is 13.2 Å². The maximum atomic E-state index is 12.7. The van der Waals surface area contributed by atoms with Gasteiger partial charge in [0.2, 0.25) is 0 Å². The average Bonchev–Trinajstić information content (AvgIpc) is 2.51. The maximum Gasteiger partial charge on any atom is 0.446 e. The molecule has 7 heteroatoms. The molecule has 0 aliphatic heterocycles. The summed E-state index contributed by atoms with van der Waals surface area (Å²) in [7, 11) is 0. The lowest BCUT2D eigenvalue weighted by molar-refractivity contribution is -0.0322. The first-order valence-electron chi connectivity index (χ1n) is 7.44. The highest BCUT2D eigenvalue weighted by Gasteiger charge is 2.31. The Kier molecular flexibility index (Phi) is 8.37. The van der Waals surface area contributed by atoms with Crippen LogP contribution in [0.15, 0.2) is 34.7 Å². The summed E-state index contributed by atoms with van der Waals surface area (Å²) in [5.41, 5.74) is -4.11. The zero-order chi connectivity index (χ0) is 18.2. The van der Waals surface area contributed by atoms with E-state index in [4.69, 9.17) is 11.6 Å². The minimum atomic E-state index is -4.45. The summed E-state index contributed by atoms with van der Waals surface area (Å²) < 4.78 is 38.0. The van der Waals surface area contributed by atoms with Crippen molar-refractivity contribution in [3.63, 3.8) is 0 Å². The highest BCUT2D eigenvalue weighted by Crippen LogP contribution is 2.40. The van der Waals surface area contributed by atoms with Crippen LogP contribution < -0.4 is 0 Å².